The van der Waals surface area contributed by atoms with Gasteiger partial charge < -0.3 is 14.4 Å². The predicted octanol–water partition coefficient (Wildman–Crippen LogP) is 2.94. The fourth-order valence-corrected chi connectivity index (χ4v) is 3.03. The Kier molecular flexibility index (Phi) is 5.84. The minimum Gasteiger partial charge on any atom is -0.462 e. The summed E-state index contributed by atoms with van der Waals surface area (Å²) in [6.45, 7) is 8.75. The first-order valence-electron chi connectivity index (χ1n) is 8.43. The van der Waals surface area contributed by atoms with Crippen LogP contribution in [0, 0.1) is 11.3 Å². The van der Waals surface area contributed by atoms with Crippen LogP contribution in [0.1, 0.15) is 46.5 Å². The van der Waals surface area contributed by atoms with Crippen LogP contribution in [0.3, 0.4) is 0 Å². The van der Waals surface area contributed by atoms with Crippen LogP contribution in [0.25, 0.3) is 0 Å². The number of rotatable bonds is 5. The van der Waals surface area contributed by atoms with Gasteiger partial charge in [0.1, 0.15) is 11.6 Å². The first kappa shape index (κ1) is 17.6. The van der Waals surface area contributed by atoms with Crippen molar-refractivity contribution in [3.05, 3.63) is 22.9 Å². The second-order valence-electron chi connectivity index (χ2n) is 6.33. The lowest BCUT2D eigenvalue weighted by atomic mass is 9.90. The van der Waals surface area contributed by atoms with E-state index >= 15 is 0 Å². The monoisotopic (exact) mass is 318 g/mol. The third kappa shape index (κ3) is 4.14. The first-order valence-corrected chi connectivity index (χ1v) is 8.43. The molecule has 0 bridgehead atoms. The summed E-state index contributed by atoms with van der Waals surface area (Å²) in [6, 6.07) is 1.96. The molecule has 1 fully saturated rings. The summed E-state index contributed by atoms with van der Waals surface area (Å²) >= 11 is 0. The molecule has 0 amide bonds. The Hall–Kier alpha value is -1.80. The van der Waals surface area contributed by atoms with E-state index in [9.17, 15) is 10.1 Å². The number of hydrogen-bond donors (Lipinski definition) is 0. The van der Waals surface area contributed by atoms with Gasteiger partial charge in [-0.2, -0.15) is 5.26 Å². The minimum atomic E-state index is -0.563. The molecular formula is C18H26N2O3. The zero-order valence-corrected chi connectivity index (χ0v) is 14.4. The van der Waals surface area contributed by atoms with Crippen LogP contribution < -0.4 is 0 Å². The predicted molar refractivity (Wildman–Crippen MR) is 87.4 cm³/mol. The zero-order chi connectivity index (χ0) is 16.9. The van der Waals surface area contributed by atoms with Crippen molar-refractivity contribution in [1.82, 2.24) is 4.90 Å². The summed E-state index contributed by atoms with van der Waals surface area (Å²) in [7, 11) is 0. The van der Waals surface area contributed by atoms with Crippen LogP contribution in [0.2, 0.25) is 0 Å². The van der Waals surface area contributed by atoms with Gasteiger partial charge in [0.05, 0.1) is 18.8 Å². The summed E-state index contributed by atoms with van der Waals surface area (Å²) in [5, 5.41) is 9.26. The molecule has 0 N–H and O–H groups in total. The lowest BCUT2D eigenvalue weighted by molar-refractivity contribution is -0.138. The van der Waals surface area contributed by atoms with Gasteiger partial charge in [-0.3, -0.25) is 0 Å². The fourth-order valence-electron chi connectivity index (χ4n) is 3.03. The molecule has 126 valence electrons. The number of nitrogens with zero attached hydrogens (tertiary/aromatic N) is 2. The maximum absolute atomic E-state index is 11.9. The SMILES string of the molecule is CCOC(=O)/C(C#N)=C/C1=C(N2CCCC2)C[C@](C)(CC)OC1. The molecule has 2 heterocycles. The molecule has 2 rings (SSSR count). The number of carbonyl (C=O) groups is 1. The van der Waals surface area contributed by atoms with Crippen LogP contribution in [0.4, 0.5) is 0 Å². The van der Waals surface area contributed by atoms with Gasteiger partial charge in [-0.1, -0.05) is 6.92 Å². The van der Waals surface area contributed by atoms with E-state index in [1.807, 2.05) is 6.07 Å². The molecule has 0 aromatic carbocycles. The topological polar surface area (TPSA) is 62.6 Å². The van der Waals surface area contributed by atoms with Gasteiger partial charge in [0.15, 0.2) is 0 Å². The van der Waals surface area contributed by atoms with Gasteiger partial charge in [0, 0.05) is 25.2 Å². The van der Waals surface area contributed by atoms with E-state index in [-0.39, 0.29) is 17.8 Å². The molecule has 1 saturated heterocycles. The largest absolute Gasteiger partial charge is 0.462 e. The molecule has 1 atom stereocenters. The van der Waals surface area contributed by atoms with Crippen LogP contribution in [0.5, 0.6) is 0 Å². The molecule has 0 aromatic heterocycles. The van der Waals surface area contributed by atoms with Crippen LogP contribution in [-0.2, 0) is 14.3 Å². The van der Waals surface area contributed by atoms with E-state index in [0.717, 1.165) is 31.5 Å². The highest BCUT2D eigenvalue weighted by Gasteiger charge is 2.33. The first-order chi connectivity index (χ1) is 11.0. The highest BCUT2D eigenvalue weighted by atomic mass is 16.5. The summed E-state index contributed by atoms with van der Waals surface area (Å²) in [6.07, 6.45) is 5.78. The number of nitriles is 1. The lowest BCUT2D eigenvalue weighted by Crippen LogP contribution is -2.38. The molecule has 2 aliphatic heterocycles. The normalized spacial score (nSPS) is 25.5. The summed E-state index contributed by atoms with van der Waals surface area (Å²) < 4.78 is 11.0. The number of ether oxygens (including phenoxy) is 2. The number of esters is 1. The van der Waals surface area contributed by atoms with Crippen LogP contribution in [-0.4, -0.2) is 42.8 Å². The fraction of sp³-hybridized carbons (Fsp3) is 0.667. The summed E-state index contributed by atoms with van der Waals surface area (Å²) in [5.41, 5.74) is 2.02. The van der Waals surface area contributed by atoms with E-state index in [0.29, 0.717) is 6.61 Å². The van der Waals surface area contributed by atoms with Gasteiger partial charge >= 0.3 is 5.97 Å². The quantitative estimate of drug-likeness (QED) is 0.443. The molecule has 5 heteroatoms. The highest BCUT2D eigenvalue weighted by molar-refractivity contribution is 5.93. The number of hydrogen-bond acceptors (Lipinski definition) is 5. The van der Waals surface area contributed by atoms with Gasteiger partial charge in [-0.15, -0.1) is 0 Å². The molecule has 0 spiro atoms. The molecule has 0 aromatic rings. The molecule has 2 aliphatic rings. The van der Waals surface area contributed by atoms with Crippen molar-refractivity contribution in [2.75, 3.05) is 26.3 Å². The second-order valence-corrected chi connectivity index (χ2v) is 6.33. The van der Waals surface area contributed by atoms with Gasteiger partial charge in [-0.25, -0.2) is 4.79 Å². The maximum Gasteiger partial charge on any atom is 0.348 e. The van der Waals surface area contributed by atoms with Crippen molar-refractivity contribution in [3.63, 3.8) is 0 Å². The van der Waals surface area contributed by atoms with Crippen molar-refractivity contribution in [2.45, 2.75) is 52.1 Å². The molecule has 23 heavy (non-hydrogen) atoms. The van der Waals surface area contributed by atoms with Crippen molar-refractivity contribution in [2.24, 2.45) is 0 Å². The minimum absolute atomic E-state index is 0.0437. The second kappa shape index (κ2) is 7.65. The average Bonchev–Trinajstić information content (AvgIpc) is 3.08. The maximum atomic E-state index is 11.9. The number of likely N-dealkylation sites (tertiary alicyclic amines) is 1. The van der Waals surface area contributed by atoms with Crippen molar-refractivity contribution in [1.29, 1.82) is 5.26 Å². The molecular weight excluding hydrogens is 292 g/mol. The highest BCUT2D eigenvalue weighted by Crippen LogP contribution is 2.35. The molecule has 0 aliphatic carbocycles. The molecule has 0 saturated carbocycles. The smallest absolute Gasteiger partial charge is 0.348 e. The Morgan fingerprint density at radius 2 is 2.13 bits per heavy atom. The Morgan fingerprint density at radius 1 is 1.43 bits per heavy atom. The van der Waals surface area contributed by atoms with Crippen LogP contribution in [0.15, 0.2) is 22.9 Å². The van der Waals surface area contributed by atoms with Crippen molar-refractivity contribution in [3.8, 4) is 6.07 Å². The van der Waals surface area contributed by atoms with E-state index in [2.05, 4.69) is 18.7 Å². The lowest BCUT2D eigenvalue weighted by Gasteiger charge is -2.39. The standard InChI is InChI=1S/C18H26N2O3/c1-4-18(3)11-16(20-8-6-7-9-20)15(13-23-18)10-14(12-19)17(21)22-5-2/h10H,4-9,11,13H2,1-3H3/b14-10+/t18-/m0/s1. The van der Waals surface area contributed by atoms with E-state index in [1.54, 1.807) is 13.0 Å². The van der Waals surface area contributed by atoms with Crippen molar-refractivity contribution >= 4 is 5.97 Å². The Labute approximate surface area is 138 Å². The molecule has 5 nitrogen and oxygen atoms in total. The Bertz CT molecular complexity index is 553. The average molecular weight is 318 g/mol. The van der Waals surface area contributed by atoms with E-state index in [4.69, 9.17) is 9.47 Å². The third-order valence-electron chi connectivity index (χ3n) is 4.66. The van der Waals surface area contributed by atoms with Gasteiger partial charge in [0.25, 0.3) is 0 Å². The van der Waals surface area contributed by atoms with Gasteiger partial charge in [0.2, 0.25) is 0 Å². The summed E-state index contributed by atoms with van der Waals surface area (Å²) in [5.74, 6) is -0.563. The Morgan fingerprint density at radius 3 is 2.70 bits per heavy atom. The third-order valence-corrected chi connectivity index (χ3v) is 4.66. The zero-order valence-electron chi connectivity index (χ0n) is 14.4. The van der Waals surface area contributed by atoms with Crippen molar-refractivity contribution < 1.29 is 14.3 Å². The molecule has 0 radical (unpaired) electrons. The Balaban J connectivity index is 2.35. The van der Waals surface area contributed by atoms with Crippen LogP contribution >= 0.6 is 0 Å². The molecule has 0 unspecified atom stereocenters. The number of carbonyl (C=O) groups excluding carboxylic acids is 1. The van der Waals surface area contributed by atoms with Gasteiger partial charge in [-0.05, 0) is 44.8 Å². The van der Waals surface area contributed by atoms with E-state index < -0.39 is 5.97 Å². The summed E-state index contributed by atoms with van der Waals surface area (Å²) in [4.78, 5) is 14.2. The van der Waals surface area contributed by atoms with E-state index in [1.165, 1.54) is 18.5 Å².